The zero-order chi connectivity index (χ0) is 20.8. The van der Waals surface area contributed by atoms with Gasteiger partial charge < -0.3 is 15.0 Å². The Kier molecular flexibility index (Phi) is 8.09. The van der Waals surface area contributed by atoms with Gasteiger partial charge in [0.2, 0.25) is 11.8 Å². The van der Waals surface area contributed by atoms with Gasteiger partial charge in [-0.3, -0.25) is 14.5 Å². The molecule has 3 heterocycles. The summed E-state index contributed by atoms with van der Waals surface area (Å²) in [5.41, 5.74) is 1.30. The van der Waals surface area contributed by atoms with Crippen molar-refractivity contribution in [3.8, 4) is 0 Å². The third-order valence-electron chi connectivity index (χ3n) is 6.00. The van der Waals surface area contributed by atoms with E-state index in [2.05, 4.69) is 21.7 Å². The van der Waals surface area contributed by atoms with Gasteiger partial charge in [-0.05, 0) is 76.6 Å². The molecule has 29 heavy (non-hydrogen) atoms. The molecule has 1 N–H and O–H groups in total. The summed E-state index contributed by atoms with van der Waals surface area (Å²) in [7, 11) is 0. The summed E-state index contributed by atoms with van der Waals surface area (Å²) in [6.07, 6.45) is 3.68. The van der Waals surface area contributed by atoms with Crippen molar-refractivity contribution < 1.29 is 14.3 Å². The molecule has 3 rings (SSSR count). The van der Waals surface area contributed by atoms with E-state index in [4.69, 9.17) is 4.74 Å². The first-order valence-corrected chi connectivity index (χ1v) is 11.8. The molecule has 6 nitrogen and oxygen atoms in total. The molecule has 2 aliphatic heterocycles. The van der Waals surface area contributed by atoms with Crippen molar-refractivity contribution in [3.63, 3.8) is 0 Å². The van der Waals surface area contributed by atoms with E-state index in [0.29, 0.717) is 13.2 Å². The Hall–Kier alpha value is -1.44. The Bertz CT molecular complexity index is 683. The first kappa shape index (κ1) is 22.2. The normalized spacial score (nSPS) is 19.2. The highest BCUT2D eigenvalue weighted by Crippen LogP contribution is 2.26. The van der Waals surface area contributed by atoms with Gasteiger partial charge in [0.25, 0.3) is 0 Å². The fraction of sp³-hybridized carbons (Fsp3) is 0.727. The lowest BCUT2D eigenvalue weighted by atomic mass is 9.94. The van der Waals surface area contributed by atoms with Crippen molar-refractivity contribution in [2.75, 3.05) is 32.8 Å². The summed E-state index contributed by atoms with van der Waals surface area (Å²) in [6, 6.07) is 2.02. The Morgan fingerprint density at radius 2 is 2.00 bits per heavy atom. The minimum Gasteiger partial charge on any atom is -0.379 e. The van der Waals surface area contributed by atoms with Crippen LogP contribution in [0.4, 0.5) is 0 Å². The Balaban J connectivity index is 1.38. The van der Waals surface area contributed by atoms with Gasteiger partial charge in [0, 0.05) is 37.0 Å². The number of ether oxygens (including phenoxy) is 1. The molecule has 0 bridgehead atoms. The topological polar surface area (TPSA) is 61.9 Å². The molecule has 0 aliphatic carbocycles. The van der Waals surface area contributed by atoms with Crippen LogP contribution in [0.25, 0.3) is 0 Å². The summed E-state index contributed by atoms with van der Waals surface area (Å²) < 4.78 is 5.50. The van der Waals surface area contributed by atoms with Gasteiger partial charge in [0.15, 0.2) is 0 Å². The van der Waals surface area contributed by atoms with E-state index in [-0.39, 0.29) is 29.9 Å². The van der Waals surface area contributed by atoms with E-state index in [1.54, 1.807) is 11.3 Å². The predicted molar refractivity (Wildman–Crippen MR) is 116 cm³/mol. The molecule has 0 radical (unpaired) electrons. The van der Waals surface area contributed by atoms with Gasteiger partial charge in [-0.15, -0.1) is 11.3 Å². The molecular formula is C22H35N3O3S. The van der Waals surface area contributed by atoms with Gasteiger partial charge in [-0.25, -0.2) is 0 Å². The lowest BCUT2D eigenvalue weighted by molar-refractivity contribution is -0.138. The fourth-order valence-corrected chi connectivity index (χ4v) is 5.04. The van der Waals surface area contributed by atoms with E-state index >= 15 is 0 Å². The number of hydrogen-bond donors (Lipinski definition) is 1. The van der Waals surface area contributed by atoms with Gasteiger partial charge in [0.1, 0.15) is 0 Å². The van der Waals surface area contributed by atoms with Crippen LogP contribution < -0.4 is 5.32 Å². The number of thiophene rings is 1. The zero-order valence-corrected chi connectivity index (χ0v) is 18.8. The van der Waals surface area contributed by atoms with E-state index in [0.717, 1.165) is 51.9 Å². The molecule has 1 unspecified atom stereocenters. The second-order valence-electron chi connectivity index (χ2n) is 8.43. The number of rotatable bonds is 8. The number of likely N-dealkylation sites (tertiary alicyclic amines) is 1. The Labute approximate surface area is 178 Å². The number of amides is 2. The second kappa shape index (κ2) is 10.5. The first-order valence-electron chi connectivity index (χ1n) is 10.9. The molecule has 162 valence electrons. The van der Waals surface area contributed by atoms with Crippen LogP contribution >= 0.6 is 11.3 Å². The maximum absolute atomic E-state index is 13.0. The molecule has 0 aromatic carbocycles. The van der Waals surface area contributed by atoms with Crippen molar-refractivity contribution in [1.29, 1.82) is 0 Å². The Morgan fingerprint density at radius 1 is 1.24 bits per heavy atom. The largest absolute Gasteiger partial charge is 0.379 e. The van der Waals surface area contributed by atoms with Crippen LogP contribution in [0, 0.1) is 5.92 Å². The van der Waals surface area contributed by atoms with Crippen molar-refractivity contribution in [1.82, 2.24) is 15.1 Å². The van der Waals surface area contributed by atoms with Crippen molar-refractivity contribution in [3.05, 3.63) is 21.9 Å². The molecule has 0 spiro atoms. The van der Waals surface area contributed by atoms with E-state index in [1.165, 1.54) is 10.4 Å². The van der Waals surface area contributed by atoms with E-state index < -0.39 is 0 Å². The maximum Gasteiger partial charge on any atom is 0.239 e. The van der Waals surface area contributed by atoms with Crippen molar-refractivity contribution >= 4 is 23.2 Å². The van der Waals surface area contributed by atoms with E-state index in [9.17, 15) is 9.59 Å². The summed E-state index contributed by atoms with van der Waals surface area (Å²) in [5, 5.41) is 5.16. The second-order valence-corrected chi connectivity index (χ2v) is 9.43. The first-order chi connectivity index (χ1) is 14.0. The quantitative estimate of drug-likeness (QED) is 0.656. The highest BCUT2D eigenvalue weighted by Gasteiger charge is 2.32. The van der Waals surface area contributed by atoms with Crippen LogP contribution in [0.5, 0.6) is 0 Å². The van der Waals surface area contributed by atoms with Crippen molar-refractivity contribution in [2.45, 2.75) is 65.1 Å². The standard InChI is InChI=1S/C22H35N3O3S/c1-16(2)28-13-4-9-23-21(26)18-5-10-24(11-6-18)17(3)22(27)25-12-7-20-19(15-25)8-14-29-20/h8,14,16-18H,4-7,9-13,15H2,1-3H3,(H,23,26). The average Bonchev–Trinajstić information content (AvgIpc) is 3.20. The summed E-state index contributed by atoms with van der Waals surface area (Å²) in [6.45, 7) is 10.6. The number of piperidine rings is 1. The molecule has 1 aromatic heterocycles. The number of carbonyl (C=O) groups excluding carboxylic acids is 2. The average molecular weight is 422 g/mol. The molecule has 1 fully saturated rings. The van der Waals surface area contributed by atoms with Crippen LogP contribution in [0.15, 0.2) is 11.4 Å². The lowest BCUT2D eigenvalue weighted by Crippen LogP contribution is -2.51. The van der Waals surface area contributed by atoms with Crippen LogP contribution in [0.3, 0.4) is 0 Å². The SMILES string of the molecule is CC(C)OCCCNC(=O)C1CCN(C(C)C(=O)N2CCc3sccc3C2)CC1. The molecular weight excluding hydrogens is 386 g/mol. The summed E-state index contributed by atoms with van der Waals surface area (Å²) >= 11 is 1.79. The van der Waals surface area contributed by atoms with Crippen LogP contribution in [-0.4, -0.2) is 66.5 Å². The van der Waals surface area contributed by atoms with Gasteiger partial charge >= 0.3 is 0 Å². The molecule has 1 saturated heterocycles. The van der Waals surface area contributed by atoms with Crippen molar-refractivity contribution in [2.24, 2.45) is 5.92 Å². The molecule has 1 atom stereocenters. The molecule has 2 amide bonds. The number of nitrogens with one attached hydrogen (secondary N) is 1. The number of carbonyl (C=O) groups is 2. The van der Waals surface area contributed by atoms with Gasteiger partial charge in [-0.2, -0.15) is 0 Å². The molecule has 1 aromatic rings. The van der Waals surface area contributed by atoms with Crippen LogP contribution in [-0.2, 0) is 27.3 Å². The lowest BCUT2D eigenvalue weighted by Gasteiger charge is -2.38. The Morgan fingerprint density at radius 3 is 2.72 bits per heavy atom. The predicted octanol–water partition coefficient (Wildman–Crippen LogP) is 2.66. The smallest absolute Gasteiger partial charge is 0.239 e. The summed E-state index contributed by atoms with van der Waals surface area (Å²) in [4.78, 5) is 31.1. The third-order valence-corrected chi connectivity index (χ3v) is 7.02. The van der Waals surface area contributed by atoms with Gasteiger partial charge in [0.05, 0.1) is 12.1 Å². The maximum atomic E-state index is 13.0. The number of hydrogen-bond acceptors (Lipinski definition) is 5. The fourth-order valence-electron chi connectivity index (χ4n) is 4.15. The third kappa shape index (κ3) is 6.03. The van der Waals surface area contributed by atoms with E-state index in [1.807, 2.05) is 25.7 Å². The van der Waals surface area contributed by atoms with Gasteiger partial charge in [-0.1, -0.05) is 0 Å². The summed E-state index contributed by atoms with van der Waals surface area (Å²) in [5.74, 6) is 0.423. The number of nitrogens with zero attached hydrogens (tertiary/aromatic N) is 2. The highest BCUT2D eigenvalue weighted by molar-refractivity contribution is 7.10. The van der Waals surface area contributed by atoms with Crippen LogP contribution in [0.1, 0.15) is 50.5 Å². The molecule has 7 heteroatoms. The minimum absolute atomic E-state index is 0.0583. The monoisotopic (exact) mass is 421 g/mol. The highest BCUT2D eigenvalue weighted by atomic mass is 32.1. The molecule has 2 aliphatic rings. The number of fused-ring (bicyclic) bond motifs is 1. The molecule has 0 saturated carbocycles. The van der Waals surface area contributed by atoms with Crippen LogP contribution in [0.2, 0.25) is 0 Å². The minimum atomic E-state index is -0.118. The zero-order valence-electron chi connectivity index (χ0n) is 18.0.